The van der Waals surface area contributed by atoms with E-state index in [2.05, 4.69) is 74.2 Å². The number of aromatic nitrogens is 3. The fraction of sp³-hybridized carbons (Fsp3) is 0.318. The summed E-state index contributed by atoms with van der Waals surface area (Å²) in [6, 6.07) is 14.4. The Hall–Kier alpha value is -2.77. The normalized spacial score (nSPS) is 19.0. The van der Waals surface area contributed by atoms with Crippen molar-refractivity contribution in [1.29, 1.82) is 0 Å². The first-order valence-corrected chi connectivity index (χ1v) is 10.3. The fourth-order valence-corrected chi connectivity index (χ4v) is 4.22. The van der Waals surface area contributed by atoms with Gasteiger partial charge in [-0.25, -0.2) is 0 Å². The summed E-state index contributed by atoms with van der Waals surface area (Å²) in [5, 5.41) is 4.31. The van der Waals surface area contributed by atoms with E-state index in [-0.39, 0.29) is 12.1 Å². The van der Waals surface area contributed by atoms with Gasteiger partial charge in [0.15, 0.2) is 5.11 Å². The van der Waals surface area contributed by atoms with E-state index in [9.17, 15) is 0 Å². The highest BCUT2D eigenvalue weighted by molar-refractivity contribution is 7.80. The van der Waals surface area contributed by atoms with Crippen molar-refractivity contribution in [3.63, 3.8) is 0 Å². The van der Waals surface area contributed by atoms with Gasteiger partial charge in [0.1, 0.15) is 0 Å². The Balaban J connectivity index is 1.72. The number of pyridine rings is 2. The SMILES string of the molecule is CN(C)CCCN1C(=S)NC(c2ccccn2)C1c1cccn1-c1cccnc1. The van der Waals surface area contributed by atoms with Crippen LogP contribution in [0.15, 0.2) is 67.3 Å². The molecule has 1 aliphatic rings. The van der Waals surface area contributed by atoms with Gasteiger partial charge in [-0.15, -0.1) is 0 Å². The molecule has 7 heteroatoms. The van der Waals surface area contributed by atoms with E-state index in [1.54, 1.807) is 6.20 Å². The van der Waals surface area contributed by atoms with E-state index in [0.717, 1.165) is 36.0 Å². The number of rotatable bonds is 7. The van der Waals surface area contributed by atoms with E-state index < -0.39 is 0 Å². The standard InChI is InChI=1S/C22H26N6S/c1-26(2)13-7-15-28-21(20(25-22(28)29)18-9-3-4-12-24-18)19-10-6-14-27(19)17-8-5-11-23-16-17/h3-6,8-12,14,16,20-21H,7,13,15H2,1-2H3,(H,25,29). The molecule has 1 aliphatic heterocycles. The van der Waals surface area contributed by atoms with Gasteiger partial charge in [0.25, 0.3) is 0 Å². The van der Waals surface area contributed by atoms with E-state index in [4.69, 9.17) is 12.2 Å². The fourth-order valence-electron chi connectivity index (χ4n) is 3.89. The molecule has 2 atom stereocenters. The molecule has 4 rings (SSSR count). The van der Waals surface area contributed by atoms with Crippen LogP contribution in [0.4, 0.5) is 0 Å². The second kappa shape index (κ2) is 8.71. The molecule has 0 spiro atoms. The van der Waals surface area contributed by atoms with Crippen molar-refractivity contribution >= 4 is 17.3 Å². The Morgan fingerprint density at radius 1 is 1.10 bits per heavy atom. The molecule has 3 aromatic rings. The molecule has 1 fully saturated rings. The van der Waals surface area contributed by atoms with Crippen LogP contribution in [0.2, 0.25) is 0 Å². The molecule has 2 unspecified atom stereocenters. The van der Waals surface area contributed by atoms with E-state index >= 15 is 0 Å². The monoisotopic (exact) mass is 406 g/mol. The number of nitrogens with one attached hydrogen (secondary N) is 1. The third-order valence-electron chi connectivity index (χ3n) is 5.21. The molecule has 0 bridgehead atoms. The highest BCUT2D eigenvalue weighted by Gasteiger charge is 2.40. The van der Waals surface area contributed by atoms with Crippen molar-refractivity contribution in [2.45, 2.75) is 18.5 Å². The van der Waals surface area contributed by atoms with Crippen LogP contribution in [0.3, 0.4) is 0 Å². The Morgan fingerprint density at radius 2 is 2.00 bits per heavy atom. The van der Waals surface area contributed by atoms with Gasteiger partial charge in [-0.3, -0.25) is 9.97 Å². The molecule has 29 heavy (non-hydrogen) atoms. The van der Waals surface area contributed by atoms with Gasteiger partial charge in [0, 0.05) is 30.8 Å². The molecular formula is C22H26N6S. The van der Waals surface area contributed by atoms with Crippen molar-refractivity contribution in [2.75, 3.05) is 27.2 Å². The summed E-state index contributed by atoms with van der Waals surface area (Å²) in [6.07, 6.45) is 8.64. The number of thiocarbonyl (C=S) groups is 1. The molecule has 1 N–H and O–H groups in total. The lowest BCUT2D eigenvalue weighted by Gasteiger charge is -2.29. The maximum Gasteiger partial charge on any atom is 0.170 e. The summed E-state index contributed by atoms with van der Waals surface area (Å²) < 4.78 is 2.20. The van der Waals surface area contributed by atoms with Gasteiger partial charge in [-0.05, 0) is 75.7 Å². The summed E-state index contributed by atoms with van der Waals surface area (Å²) in [7, 11) is 4.20. The second-order valence-electron chi connectivity index (χ2n) is 7.49. The maximum absolute atomic E-state index is 5.76. The Morgan fingerprint density at radius 3 is 2.72 bits per heavy atom. The molecule has 1 saturated heterocycles. The summed E-state index contributed by atoms with van der Waals surface area (Å²) in [5.74, 6) is 0. The summed E-state index contributed by atoms with van der Waals surface area (Å²) >= 11 is 5.76. The number of hydrogen-bond donors (Lipinski definition) is 1. The largest absolute Gasteiger partial charge is 0.352 e. The highest BCUT2D eigenvalue weighted by atomic mass is 32.1. The summed E-state index contributed by atoms with van der Waals surface area (Å²) in [6.45, 7) is 1.90. The molecule has 6 nitrogen and oxygen atoms in total. The minimum Gasteiger partial charge on any atom is -0.352 e. The molecule has 150 valence electrons. The minimum atomic E-state index is -0.00613. The molecule has 0 aliphatic carbocycles. The van der Waals surface area contributed by atoms with Crippen LogP contribution < -0.4 is 5.32 Å². The first-order chi connectivity index (χ1) is 14.1. The van der Waals surface area contributed by atoms with Crippen LogP contribution in [0, 0.1) is 0 Å². The van der Waals surface area contributed by atoms with Crippen molar-refractivity contribution in [3.8, 4) is 5.69 Å². The predicted octanol–water partition coefficient (Wildman–Crippen LogP) is 3.19. The molecular weight excluding hydrogens is 380 g/mol. The van der Waals surface area contributed by atoms with Gasteiger partial charge in [0.2, 0.25) is 0 Å². The van der Waals surface area contributed by atoms with Crippen LogP contribution in [0.25, 0.3) is 5.69 Å². The van der Waals surface area contributed by atoms with Gasteiger partial charge in [-0.2, -0.15) is 0 Å². The predicted molar refractivity (Wildman–Crippen MR) is 119 cm³/mol. The maximum atomic E-state index is 5.76. The molecule has 4 heterocycles. The Kier molecular flexibility index (Phi) is 5.87. The molecule has 0 amide bonds. The van der Waals surface area contributed by atoms with Crippen LogP contribution in [-0.2, 0) is 0 Å². The Bertz CT molecular complexity index is 940. The number of hydrogen-bond acceptors (Lipinski definition) is 4. The van der Waals surface area contributed by atoms with Crippen molar-refractivity contribution in [2.24, 2.45) is 0 Å². The van der Waals surface area contributed by atoms with Crippen LogP contribution in [0.1, 0.15) is 29.9 Å². The average Bonchev–Trinajstić information content (AvgIpc) is 3.34. The quantitative estimate of drug-likeness (QED) is 0.608. The summed E-state index contributed by atoms with van der Waals surface area (Å²) in [5.41, 5.74) is 3.21. The van der Waals surface area contributed by atoms with Crippen LogP contribution in [0.5, 0.6) is 0 Å². The van der Waals surface area contributed by atoms with Crippen molar-refractivity contribution in [1.82, 2.24) is 29.7 Å². The van der Waals surface area contributed by atoms with Gasteiger partial charge >= 0.3 is 0 Å². The topological polar surface area (TPSA) is 49.2 Å². The molecule has 3 aromatic heterocycles. The highest BCUT2D eigenvalue weighted by Crippen LogP contribution is 2.39. The molecule has 0 radical (unpaired) electrons. The first kappa shape index (κ1) is 19.5. The second-order valence-corrected chi connectivity index (χ2v) is 7.88. The third kappa shape index (κ3) is 4.16. The first-order valence-electron chi connectivity index (χ1n) is 9.85. The lowest BCUT2D eigenvalue weighted by atomic mass is 10.0. The van der Waals surface area contributed by atoms with Gasteiger partial charge in [0.05, 0.1) is 29.7 Å². The third-order valence-corrected chi connectivity index (χ3v) is 5.56. The average molecular weight is 407 g/mol. The van der Waals surface area contributed by atoms with Crippen molar-refractivity contribution < 1.29 is 0 Å². The minimum absolute atomic E-state index is 0.00613. The van der Waals surface area contributed by atoms with E-state index in [1.165, 1.54) is 5.69 Å². The van der Waals surface area contributed by atoms with Crippen LogP contribution >= 0.6 is 12.2 Å². The smallest absolute Gasteiger partial charge is 0.170 e. The zero-order chi connectivity index (χ0) is 20.2. The van der Waals surface area contributed by atoms with Crippen molar-refractivity contribution in [3.05, 3.63) is 78.6 Å². The van der Waals surface area contributed by atoms with E-state index in [1.807, 2.05) is 30.6 Å². The van der Waals surface area contributed by atoms with Gasteiger partial charge < -0.3 is 19.7 Å². The zero-order valence-electron chi connectivity index (χ0n) is 16.8. The molecule has 0 saturated carbocycles. The lowest BCUT2D eigenvalue weighted by molar-refractivity contribution is 0.286. The van der Waals surface area contributed by atoms with Gasteiger partial charge in [-0.1, -0.05) is 6.07 Å². The number of nitrogens with zero attached hydrogens (tertiary/aromatic N) is 5. The Labute approximate surface area is 177 Å². The van der Waals surface area contributed by atoms with E-state index in [0.29, 0.717) is 0 Å². The van der Waals surface area contributed by atoms with Crippen LogP contribution in [-0.4, -0.2) is 56.6 Å². The molecule has 0 aromatic carbocycles. The zero-order valence-corrected chi connectivity index (χ0v) is 17.6. The summed E-state index contributed by atoms with van der Waals surface area (Å²) in [4.78, 5) is 13.4. The lowest BCUT2D eigenvalue weighted by Crippen LogP contribution is -2.33.